The first-order valence-corrected chi connectivity index (χ1v) is 8.91. The van der Waals surface area contributed by atoms with Crippen LogP contribution in [0.2, 0.25) is 0 Å². The van der Waals surface area contributed by atoms with Crippen molar-refractivity contribution < 1.29 is 14.3 Å². The Kier molecular flexibility index (Phi) is 5.31. The highest BCUT2D eigenvalue weighted by Gasteiger charge is 2.35. The average molecular weight is 351 g/mol. The molecule has 2 aromatic rings. The Morgan fingerprint density at radius 2 is 2.04 bits per heavy atom. The molecule has 1 aliphatic heterocycles. The van der Waals surface area contributed by atoms with Gasteiger partial charge in [-0.1, -0.05) is 43.3 Å². The van der Waals surface area contributed by atoms with Gasteiger partial charge in [0.1, 0.15) is 5.75 Å². The van der Waals surface area contributed by atoms with Gasteiger partial charge in [-0.2, -0.15) is 0 Å². The van der Waals surface area contributed by atoms with Crippen LogP contribution in [0.25, 0.3) is 0 Å². The van der Waals surface area contributed by atoms with Crippen molar-refractivity contribution in [1.29, 1.82) is 0 Å². The number of allylic oxidation sites excluding steroid dienone is 1. The van der Waals surface area contributed by atoms with Gasteiger partial charge in [0.2, 0.25) is 0 Å². The van der Waals surface area contributed by atoms with Crippen LogP contribution in [-0.2, 0) is 14.9 Å². The summed E-state index contributed by atoms with van der Waals surface area (Å²) < 4.78 is 10.5. The fourth-order valence-corrected chi connectivity index (χ4v) is 3.51. The second kappa shape index (κ2) is 7.65. The quantitative estimate of drug-likeness (QED) is 0.630. The van der Waals surface area contributed by atoms with Crippen LogP contribution in [0.1, 0.15) is 37.4 Å². The summed E-state index contributed by atoms with van der Waals surface area (Å²) in [5, 5.41) is 3.63. The monoisotopic (exact) mass is 351 g/mol. The number of nitrogens with one attached hydrogen (secondary N) is 1. The summed E-state index contributed by atoms with van der Waals surface area (Å²) in [5.74, 6) is 0.493. The Balaban J connectivity index is 2.01. The lowest BCUT2D eigenvalue weighted by Gasteiger charge is -2.39. The molecule has 0 amide bonds. The molecule has 0 radical (unpaired) electrons. The van der Waals surface area contributed by atoms with Gasteiger partial charge >= 0.3 is 5.97 Å². The van der Waals surface area contributed by atoms with E-state index in [1.807, 2.05) is 49.4 Å². The number of methoxy groups -OCH3 is 1. The maximum absolute atomic E-state index is 11.9. The lowest BCUT2D eigenvalue weighted by molar-refractivity contribution is -0.137. The largest absolute Gasteiger partial charge is 0.497 e. The molecule has 4 heteroatoms. The SMILES string of the molecule is CCOC(=O)/C=C/[C@@]1(C)C[C@@H](c2ccccc2)Nc2ccc(OC)cc21. The summed E-state index contributed by atoms with van der Waals surface area (Å²) >= 11 is 0. The number of ether oxygens (including phenoxy) is 2. The molecule has 0 saturated carbocycles. The van der Waals surface area contributed by atoms with Crippen LogP contribution in [0.5, 0.6) is 5.75 Å². The first kappa shape index (κ1) is 18.1. The van der Waals surface area contributed by atoms with Crippen molar-refractivity contribution in [1.82, 2.24) is 0 Å². The van der Waals surface area contributed by atoms with Crippen LogP contribution in [0.15, 0.2) is 60.7 Å². The third-order valence-electron chi connectivity index (χ3n) is 4.88. The smallest absolute Gasteiger partial charge is 0.330 e. The topological polar surface area (TPSA) is 47.6 Å². The van der Waals surface area contributed by atoms with Gasteiger partial charge in [0, 0.05) is 17.2 Å². The van der Waals surface area contributed by atoms with Crippen LogP contribution < -0.4 is 10.1 Å². The lowest BCUT2D eigenvalue weighted by atomic mass is 9.72. The summed E-state index contributed by atoms with van der Waals surface area (Å²) in [6.45, 7) is 4.33. The van der Waals surface area contributed by atoms with Crippen LogP contribution in [0, 0.1) is 0 Å². The van der Waals surface area contributed by atoms with Gasteiger partial charge < -0.3 is 14.8 Å². The highest BCUT2D eigenvalue weighted by Crippen LogP contribution is 2.46. The van der Waals surface area contributed by atoms with Gasteiger partial charge in [0.15, 0.2) is 0 Å². The summed E-state index contributed by atoms with van der Waals surface area (Å²) in [4.78, 5) is 11.9. The van der Waals surface area contributed by atoms with E-state index >= 15 is 0 Å². The van der Waals surface area contributed by atoms with Gasteiger partial charge in [-0.3, -0.25) is 0 Å². The van der Waals surface area contributed by atoms with Crippen molar-refractivity contribution in [2.45, 2.75) is 31.7 Å². The molecule has 0 fully saturated rings. The molecule has 2 atom stereocenters. The van der Waals surface area contributed by atoms with Gasteiger partial charge in [-0.05, 0) is 42.7 Å². The number of carbonyl (C=O) groups excluding carboxylic acids is 1. The first-order chi connectivity index (χ1) is 12.6. The molecule has 0 bridgehead atoms. The van der Waals surface area contributed by atoms with Crippen LogP contribution in [-0.4, -0.2) is 19.7 Å². The van der Waals surface area contributed by atoms with Crippen LogP contribution >= 0.6 is 0 Å². The number of esters is 1. The number of rotatable bonds is 5. The molecule has 1 aliphatic rings. The van der Waals surface area contributed by atoms with E-state index in [0.717, 1.165) is 23.4 Å². The van der Waals surface area contributed by atoms with Crippen molar-refractivity contribution >= 4 is 11.7 Å². The molecule has 1 heterocycles. The molecule has 26 heavy (non-hydrogen) atoms. The fourth-order valence-electron chi connectivity index (χ4n) is 3.51. The normalized spacial score (nSPS) is 21.7. The number of anilines is 1. The Labute approximate surface area is 154 Å². The third kappa shape index (κ3) is 3.74. The Hall–Kier alpha value is -2.75. The zero-order chi connectivity index (χ0) is 18.6. The molecule has 3 rings (SSSR count). The Bertz CT molecular complexity index is 800. The third-order valence-corrected chi connectivity index (χ3v) is 4.88. The molecule has 1 N–H and O–H groups in total. The standard InChI is InChI=1S/C22H25NO3/c1-4-26-21(24)12-13-22(2)15-20(16-8-6-5-7-9-16)23-19-11-10-17(25-3)14-18(19)22/h5-14,20,23H,4,15H2,1-3H3/b13-12+/t20-,22-/m0/s1. The summed E-state index contributed by atoms with van der Waals surface area (Å²) in [6, 6.07) is 16.6. The minimum absolute atomic E-state index is 0.161. The predicted octanol–water partition coefficient (Wildman–Crippen LogP) is 4.63. The van der Waals surface area contributed by atoms with Crippen LogP contribution in [0.4, 0.5) is 5.69 Å². The molecule has 2 aromatic carbocycles. The van der Waals surface area contributed by atoms with Crippen molar-refractivity contribution in [3.05, 3.63) is 71.8 Å². The van der Waals surface area contributed by atoms with Gasteiger partial charge in [0.05, 0.1) is 19.8 Å². The highest BCUT2D eigenvalue weighted by molar-refractivity contribution is 5.82. The summed E-state index contributed by atoms with van der Waals surface area (Å²) in [7, 11) is 1.66. The number of fused-ring (bicyclic) bond motifs is 1. The van der Waals surface area contributed by atoms with E-state index in [2.05, 4.69) is 24.4 Å². The number of hydrogen-bond acceptors (Lipinski definition) is 4. The predicted molar refractivity (Wildman–Crippen MR) is 104 cm³/mol. The zero-order valence-electron chi connectivity index (χ0n) is 15.5. The van der Waals surface area contributed by atoms with Crippen molar-refractivity contribution in [2.24, 2.45) is 0 Å². The molecule has 0 unspecified atom stereocenters. The van der Waals surface area contributed by atoms with E-state index in [0.29, 0.717) is 6.61 Å². The second-order valence-electron chi connectivity index (χ2n) is 6.73. The fraction of sp³-hybridized carbons (Fsp3) is 0.318. The minimum atomic E-state index is -0.317. The van der Waals surface area contributed by atoms with Gasteiger partial charge in [0.25, 0.3) is 0 Å². The minimum Gasteiger partial charge on any atom is -0.497 e. The van der Waals surface area contributed by atoms with E-state index < -0.39 is 0 Å². The Morgan fingerprint density at radius 1 is 1.27 bits per heavy atom. The molecular formula is C22H25NO3. The second-order valence-corrected chi connectivity index (χ2v) is 6.73. The van der Waals surface area contributed by atoms with Crippen molar-refractivity contribution in [3.8, 4) is 5.75 Å². The number of carbonyl (C=O) groups is 1. The van der Waals surface area contributed by atoms with E-state index in [1.54, 1.807) is 13.2 Å². The molecule has 4 nitrogen and oxygen atoms in total. The van der Waals surface area contributed by atoms with E-state index in [9.17, 15) is 4.79 Å². The van der Waals surface area contributed by atoms with Crippen molar-refractivity contribution in [2.75, 3.05) is 19.0 Å². The van der Waals surface area contributed by atoms with Crippen LogP contribution in [0.3, 0.4) is 0 Å². The number of hydrogen-bond donors (Lipinski definition) is 1. The van der Waals surface area contributed by atoms with E-state index in [1.165, 1.54) is 5.56 Å². The molecule has 136 valence electrons. The molecule has 0 saturated heterocycles. The Morgan fingerprint density at radius 3 is 2.73 bits per heavy atom. The molecule has 0 aliphatic carbocycles. The maximum Gasteiger partial charge on any atom is 0.330 e. The highest BCUT2D eigenvalue weighted by atomic mass is 16.5. The first-order valence-electron chi connectivity index (χ1n) is 8.91. The summed E-state index contributed by atoms with van der Waals surface area (Å²) in [6.07, 6.45) is 4.33. The lowest BCUT2D eigenvalue weighted by Crippen LogP contribution is -2.32. The van der Waals surface area contributed by atoms with E-state index in [4.69, 9.17) is 9.47 Å². The molecule has 0 aromatic heterocycles. The molecule has 0 spiro atoms. The van der Waals surface area contributed by atoms with Crippen molar-refractivity contribution in [3.63, 3.8) is 0 Å². The number of benzene rings is 2. The zero-order valence-corrected chi connectivity index (χ0v) is 15.5. The van der Waals surface area contributed by atoms with Gasteiger partial charge in [-0.25, -0.2) is 4.79 Å². The van der Waals surface area contributed by atoms with Gasteiger partial charge in [-0.15, -0.1) is 0 Å². The molecular weight excluding hydrogens is 326 g/mol. The van der Waals surface area contributed by atoms with E-state index in [-0.39, 0.29) is 17.4 Å². The maximum atomic E-state index is 11.9. The summed E-state index contributed by atoms with van der Waals surface area (Å²) in [5.41, 5.74) is 3.08. The average Bonchev–Trinajstić information content (AvgIpc) is 2.67.